The molecule has 2 aliphatic rings. The molecule has 1 aromatic rings. The molecule has 2 aliphatic heterocycles. The first-order chi connectivity index (χ1) is 14.8. The molecular formula is C24H41N5O. The molecule has 1 atom stereocenters. The average Bonchev–Trinajstić information content (AvgIpc) is 3.32. The first-order valence-corrected chi connectivity index (χ1v) is 11.8. The van der Waals surface area contributed by atoms with E-state index < -0.39 is 0 Å². The topological polar surface area (TPSA) is 52.1 Å². The molecule has 1 unspecified atom stereocenters. The summed E-state index contributed by atoms with van der Waals surface area (Å²) in [7, 11) is 1.78. The molecule has 0 saturated carbocycles. The summed E-state index contributed by atoms with van der Waals surface area (Å²) in [5.41, 5.74) is 1.38. The SMILES string of the molecule is CCNC(=NCC(c1ccccc1)N1CCCC1)NCC1CCN(CCOC)CC1. The summed E-state index contributed by atoms with van der Waals surface area (Å²) in [6.45, 7) is 11.4. The fourth-order valence-electron chi connectivity index (χ4n) is 4.56. The lowest BCUT2D eigenvalue weighted by Crippen LogP contribution is -2.43. The van der Waals surface area contributed by atoms with Crippen LogP contribution in [0.15, 0.2) is 35.3 Å². The molecule has 2 N–H and O–H groups in total. The number of guanidine groups is 1. The van der Waals surface area contributed by atoms with Crippen LogP contribution in [0.4, 0.5) is 0 Å². The van der Waals surface area contributed by atoms with Gasteiger partial charge in [-0.3, -0.25) is 9.89 Å². The number of nitrogens with zero attached hydrogens (tertiary/aromatic N) is 3. The summed E-state index contributed by atoms with van der Waals surface area (Å²) in [6, 6.07) is 11.2. The van der Waals surface area contributed by atoms with E-state index in [0.29, 0.717) is 6.04 Å². The van der Waals surface area contributed by atoms with E-state index in [1.54, 1.807) is 7.11 Å². The molecule has 6 heteroatoms. The van der Waals surface area contributed by atoms with Crippen LogP contribution in [0.3, 0.4) is 0 Å². The zero-order chi connectivity index (χ0) is 21.0. The highest BCUT2D eigenvalue weighted by Crippen LogP contribution is 2.25. The fourth-order valence-corrected chi connectivity index (χ4v) is 4.56. The number of rotatable bonds is 10. The molecule has 0 aliphatic carbocycles. The summed E-state index contributed by atoms with van der Waals surface area (Å²) in [5, 5.41) is 7.07. The third kappa shape index (κ3) is 7.25. The van der Waals surface area contributed by atoms with E-state index in [4.69, 9.17) is 9.73 Å². The Balaban J connectivity index is 1.53. The van der Waals surface area contributed by atoms with E-state index in [0.717, 1.165) is 44.7 Å². The van der Waals surface area contributed by atoms with Crippen LogP contribution in [0, 0.1) is 5.92 Å². The Labute approximate surface area is 183 Å². The van der Waals surface area contributed by atoms with Crippen LogP contribution in [0.1, 0.15) is 44.2 Å². The second kappa shape index (κ2) is 12.9. The van der Waals surface area contributed by atoms with E-state index in [2.05, 4.69) is 57.7 Å². The minimum Gasteiger partial charge on any atom is -0.383 e. The van der Waals surface area contributed by atoms with Gasteiger partial charge in [0.05, 0.1) is 19.2 Å². The van der Waals surface area contributed by atoms with Gasteiger partial charge in [0.25, 0.3) is 0 Å². The molecule has 2 heterocycles. The van der Waals surface area contributed by atoms with Gasteiger partial charge in [-0.2, -0.15) is 0 Å². The van der Waals surface area contributed by atoms with Gasteiger partial charge in [0.15, 0.2) is 5.96 Å². The molecule has 2 saturated heterocycles. The average molecular weight is 416 g/mol. The predicted octanol–water partition coefficient (Wildman–Crippen LogP) is 2.74. The number of nitrogens with one attached hydrogen (secondary N) is 2. The van der Waals surface area contributed by atoms with Crippen molar-refractivity contribution in [1.82, 2.24) is 20.4 Å². The van der Waals surface area contributed by atoms with Crippen molar-refractivity contribution in [3.05, 3.63) is 35.9 Å². The number of hydrogen-bond donors (Lipinski definition) is 2. The number of benzene rings is 1. The van der Waals surface area contributed by atoms with Gasteiger partial charge >= 0.3 is 0 Å². The van der Waals surface area contributed by atoms with Gasteiger partial charge in [0.1, 0.15) is 0 Å². The Morgan fingerprint density at radius 2 is 1.83 bits per heavy atom. The van der Waals surface area contributed by atoms with E-state index >= 15 is 0 Å². The molecule has 3 rings (SSSR count). The molecule has 0 bridgehead atoms. The predicted molar refractivity (Wildman–Crippen MR) is 125 cm³/mol. The first-order valence-electron chi connectivity index (χ1n) is 11.8. The lowest BCUT2D eigenvalue weighted by molar-refractivity contribution is 0.121. The zero-order valence-corrected chi connectivity index (χ0v) is 19.0. The van der Waals surface area contributed by atoms with Gasteiger partial charge in [-0.15, -0.1) is 0 Å². The van der Waals surface area contributed by atoms with E-state index in [-0.39, 0.29) is 0 Å². The zero-order valence-electron chi connectivity index (χ0n) is 19.0. The maximum atomic E-state index is 5.21. The van der Waals surface area contributed by atoms with E-state index in [9.17, 15) is 0 Å². The van der Waals surface area contributed by atoms with Crippen molar-refractivity contribution in [2.45, 2.75) is 38.6 Å². The summed E-state index contributed by atoms with van der Waals surface area (Å²) in [5.74, 6) is 1.68. The molecule has 0 aromatic heterocycles. The standard InChI is InChI=1S/C24H41N5O/c1-3-25-24(26-19-21-11-15-28(16-12-21)17-18-30-2)27-20-23(29-13-7-8-14-29)22-9-5-4-6-10-22/h4-6,9-10,21,23H,3,7-8,11-20H2,1-2H3,(H2,25,26,27). The van der Waals surface area contributed by atoms with Crippen molar-refractivity contribution >= 4 is 5.96 Å². The molecular weight excluding hydrogens is 374 g/mol. The van der Waals surface area contributed by atoms with Gasteiger partial charge in [-0.25, -0.2) is 0 Å². The Hall–Kier alpha value is -1.63. The van der Waals surface area contributed by atoms with Crippen molar-refractivity contribution < 1.29 is 4.74 Å². The highest BCUT2D eigenvalue weighted by atomic mass is 16.5. The van der Waals surface area contributed by atoms with Crippen LogP contribution < -0.4 is 10.6 Å². The highest BCUT2D eigenvalue weighted by Gasteiger charge is 2.23. The Bertz CT molecular complexity index is 609. The number of likely N-dealkylation sites (tertiary alicyclic amines) is 2. The van der Waals surface area contributed by atoms with Gasteiger partial charge in [-0.05, 0) is 70.3 Å². The molecule has 2 fully saturated rings. The van der Waals surface area contributed by atoms with Crippen LogP contribution in [-0.4, -0.2) is 81.8 Å². The number of hydrogen-bond acceptors (Lipinski definition) is 4. The monoisotopic (exact) mass is 415 g/mol. The second-order valence-corrected chi connectivity index (χ2v) is 8.55. The van der Waals surface area contributed by atoms with Crippen molar-refractivity contribution in [1.29, 1.82) is 0 Å². The normalized spacial score (nSPS) is 20.4. The summed E-state index contributed by atoms with van der Waals surface area (Å²) in [6.07, 6.45) is 5.09. The first kappa shape index (κ1) is 23.0. The lowest BCUT2D eigenvalue weighted by Gasteiger charge is -2.32. The van der Waals surface area contributed by atoms with Crippen LogP contribution >= 0.6 is 0 Å². The van der Waals surface area contributed by atoms with E-state index in [1.165, 1.54) is 57.4 Å². The quantitative estimate of drug-likeness (QED) is 0.455. The summed E-state index contributed by atoms with van der Waals surface area (Å²) in [4.78, 5) is 10.1. The fraction of sp³-hybridized carbons (Fsp3) is 0.708. The molecule has 6 nitrogen and oxygen atoms in total. The minimum atomic E-state index is 0.369. The third-order valence-corrected chi connectivity index (χ3v) is 6.41. The summed E-state index contributed by atoms with van der Waals surface area (Å²) >= 11 is 0. The number of ether oxygens (including phenoxy) is 1. The largest absolute Gasteiger partial charge is 0.383 e. The van der Waals surface area contributed by atoms with Crippen LogP contribution in [0.25, 0.3) is 0 Å². The Kier molecular flexibility index (Phi) is 9.93. The molecule has 0 radical (unpaired) electrons. The van der Waals surface area contributed by atoms with Gasteiger partial charge in [0, 0.05) is 26.7 Å². The summed E-state index contributed by atoms with van der Waals surface area (Å²) < 4.78 is 5.21. The molecule has 168 valence electrons. The smallest absolute Gasteiger partial charge is 0.191 e. The van der Waals surface area contributed by atoms with Crippen molar-refractivity contribution in [2.24, 2.45) is 10.9 Å². The van der Waals surface area contributed by atoms with Crippen LogP contribution in [-0.2, 0) is 4.74 Å². The number of methoxy groups -OCH3 is 1. The van der Waals surface area contributed by atoms with Crippen LogP contribution in [0.2, 0.25) is 0 Å². The Morgan fingerprint density at radius 3 is 2.50 bits per heavy atom. The Morgan fingerprint density at radius 1 is 1.10 bits per heavy atom. The molecule has 30 heavy (non-hydrogen) atoms. The van der Waals surface area contributed by atoms with Crippen molar-refractivity contribution in [2.75, 3.05) is 66.1 Å². The number of piperidine rings is 1. The minimum absolute atomic E-state index is 0.369. The van der Waals surface area contributed by atoms with Crippen molar-refractivity contribution in [3.8, 4) is 0 Å². The van der Waals surface area contributed by atoms with Gasteiger partial charge < -0.3 is 20.3 Å². The maximum Gasteiger partial charge on any atom is 0.191 e. The third-order valence-electron chi connectivity index (χ3n) is 6.41. The lowest BCUT2D eigenvalue weighted by atomic mass is 9.97. The van der Waals surface area contributed by atoms with E-state index in [1.807, 2.05) is 0 Å². The second-order valence-electron chi connectivity index (χ2n) is 8.55. The van der Waals surface area contributed by atoms with Gasteiger partial charge in [-0.1, -0.05) is 30.3 Å². The van der Waals surface area contributed by atoms with Crippen molar-refractivity contribution in [3.63, 3.8) is 0 Å². The molecule has 0 spiro atoms. The van der Waals surface area contributed by atoms with Crippen LogP contribution in [0.5, 0.6) is 0 Å². The maximum absolute atomic E-state index is 5.21. The molecule has 1 aromatic carbocycles. The van der Waals surface area contributed by atoms with Gasteiger partial charge in [0.2, 0.25) is 0 Å². The molecule has 0 amide bonds. The number of aliphatic imine (C=N–C) groups is 1. The highest BCUT2D eigenvalue weighted by molar-refractivity contribution is 5.79.